The molecule has 0 amide bonds. The molecule has 0 atom stereocenters. The average Bonchev–Trinajstić information content (AvgIpc) is 2.27. The number of hydrogen-bond acceptors (Lipinski definition) is 2. The first-order chi connectivity index (χ1) is 8.06. The van der Waals surface area contributed by atoms with E-state index in [0.29, 0.717) is 15.2 Å². The van der Waals surface area contributed by atoms with E-state index in [1.165, 1.54) is 12.1 Å². The van der Waals surface area contributed by atoms with Crippen LogP contribution in [0.2, 0.25) is 5.02 Å². The molecule has 0 spiro atoms. The third kappa shape index (κ3) is 3.18. The SMILES string of the molecule is Fc1ccc(Br)c(Oc2ncc(Br)cc2Cl)c1. The van der Waals surface area contributed by atoms with Crippen molar-refractivity contribution in [3.05, 3.63) is 50.2 Å². The second kappa shape index (κ2) is 5.33. The Labute approximate surface area is 119 Å². The molecule has 2 aromatic rings. The fourth-order valence-corrected chi connectivity index (χ4v) is 2.13. The molecule has 0 aliphatic carbocycles. The molecule has 0 aliphatic rings. The Hall–Kier alpha value is -0.650. The molecule has 1 aromatic carbocycles. The van der Waals surface area contributed by atoms with Crippen LogP contribution < -0.4 is 4.74 Å². The molecule has 2 rings (SSSR count). The summed E-state index contributed by atoms with van der Waals surface area (Å²) >= 11 is 12.4. The standard InChI is InChI=1S/C11H5Br2ClFNO/c12-6-3-9(14)11(16-5-6)17-10-4-7(15)1-2-8(10)13/h1-5H. The Morgan fingerprint density at radius 2 is 2.00 bits per heavy atom. The Kier molecular flexibility index (Phi) is 4.01. The summed E-state index contributed by atoms with van der Waals surface area (Å²) in [6, 6.07) is 5.78. The number of benzene rings is 1. The van der Waals surface area contributed by atoms with E-state index in [1.807, 2.05) is 0 Å². The van der Waals surface area contributed by atoms with Gasteiger partial charge in [0.15, 0.2) is 0 Å². The zero-order valence-corrected chi connectivity index (χ0v) is 12.2. The van der Waals surface area contributed by atoms with Crippen LogP contribution in [0.1, 0.15) is 0 Å². The lowest BCUT2D eigenvalue weighted by atomic mass is 10.3. The van der Waals surface area contributed by atoms with Crippen molar-refractivity contribution in [1.82, 2.24) is 4.98 Å². The highest BCUT2D eigenvalue weighted by atomic mass is 79.9. The van der Waals surface area contributed by atoms with E-state index in [9.17, 15) is 4.39 Å². The van der Waals surface area contributed by atoms with Gasteiger partial charge in [-0.15, -0.1) is 0 Å². The molecule has 1 heterocycles. The highest BCUT2D eigenvalue weighted by Gasteiger charge is 2.09. The smallest absolute Gasteiger partial charge is 0.238 e. The Balaban J connectivity index is 2.34. The molecule has 0 saturated carbocycles. The maximum Gasteiger partial charge on any atom is 0.238 e. The van der Waals surface area contributed by atoms with Crippen LogP contribution in [0.3, 0.4) is 0 Å². The molecular formula is C11H5Br2ClFNO. The van der Waals surface area contributed by atoms with Gasteiger partial charge in [0, 0.05) is 16.7 Å². The van der Waals surface area contributed by atoms with Gasteiger partial charge in [0.1, 0.15) is 16.6 Å². The van der Waals surface area contributed by atoms with Crippen LogP contribution in [-0.2, 0) is 0 Å². The summed E-state index contributed by atoms with van der Waals surface area (Å²) in [5.74, 6) is 0.152. The minimum atomic E-state index is -0.392. The van der Waals surface area contributed by atoms with E-state index in [1.54, 1.807) is 18.3 Å². The minimum absolute atomic E-state index is 0.223. The maximum absolute atomic E-state index is 13.1. The molecule has 0 radical (unpaired) electrons. The number of rotatable bonds is 2. The molecule has 1 aromatic heterocycles. The first-order valence-corrected chi connectivity index (χ1v) is 6.46. The molecule has 0 unspecified atom stereocenters. The van der Waals surface area contributed by atoms with Gasteiger partial charge in [0.05, 0.1) is 4.47 Å². The Morgan fingerprint density at radius 3 is 2.71 bits per heavy atom. The molecule has 0 bridgehead atoms. The van der Waals surface area contributed by atoms with Crippen molar-refractivity contribution < 1.29 is 9.13 Å². The zero-order valence-electron chi connectivity index (χ0n) is 8.25. The molecule has 0 saturated heterocycles. The van der Waals surface area contributed by atoms with E-state index >= 15 is 0 Å². The largest absolute Gasteiger partial charge is 0.436 e. The quantitative estimate of drug-likeness (QED) is 0.714. The van der Waals surface area contributed by atoms with Crippen molar-refractivity contribution in [1.29, 1.82) is 0 Å². The number of hydrogen-bond donors (Lipinski definition) is 0. The van der Waals surface area contributed by atoms with Crippen LogP contribution in [0.15, 0.2) is 39.4 Å². The lowest BCUT2D eigenvalue weighted by molar-refractivity contribution is 0.455. The fourth-order valence-electron chi connectivity index (χ4n) is 1.14. The van der Waals surface area contributed by atoms with Gasteiger partial charge < -0.3 is 4.74 Å². The van der Waals surface area contributed by atoms with Crippen molar-refractivity contribution in [3.63, 3.8) is 0 Å². The second-order valence-electron chi connectivity index (χ2n) is 3.12. The van der Waals surface area contributed by atoms with E-state index in [2.05, 4.69) is 36.8 Å². The lowest BCUT2D eigenvalue weighted by Gasteiger charge is -2.08. The monoisotopic (exact) mass is 379 g/mol. The molecule has 0 aliphatic heterocycles. The Morgan fingerprint density at radius 1 is 1.24 bits per heavy atom. The summed E-state index contributed by atoms with van der Waals surface area (Å²) in [5, 5.41) is 0.343. The summed E-state index contributed by atoms with van der Waals surface area (Å²) in [4.78, 5) is 4.00. The molecule has 88 valence electrons. The highest BCUT2D eigenvalue weighted by Crippen LogP contribution is 2.33. The number of nitrogens with zero attached hydrogens (tertiary/aromatic N) is 1. The van der Waals surface area contributed by atoms with Gasteiger partial charge in [-0.25, -0.2) is 9.37 Å². The van der Waals surface area contributed by atoms with Crippen LogP contribution in [-0.4, -0.2) is 4.98 Å². The first kappa shape index (κ1) is 12.8. The summed E-state index contributed by atoms with van der Waals surface area (Å²) in [6.45, 7) is 0. The van der Waals surface area contributed by atoms with E-state index in [4.69, 9.17) is 16.3 Å². The van der Waals surface area contributed by atoms with E-state index in [-0.39, 0.29) is 5.88 Å². The van der Waals surface area contributed by atoms with Gasteiger partial charge in [-0.2, -0.15) is 0 Å². The number of pyridine rings is 1. The third-order valence-electron chi connectivity index (χ3n) is 1.87. The highest BCUT2D eigenvalue weighted by molar-refractivity contribution is 9.10. The fraction of sp³-hybridized carbons (Fsp3) is 0. The Bertz CT molecular complexity index is 565. The summed E-state index contributed by atoms with van der Waals surface area (Å²) < 4.78 is 19.8. The van der Waals surface area contributed by atoms with Crippen molar-refractivity contribution >= 4 is 43.5 Å². The molecule has 0 N–H and O–H groups in total. The van der Waals surface area contributed by atoms with Gasteiger partial charge in [0.2, 0.25) is 5.88 Å². The number of halogens is 4. The summed E-state index contributed by atoms with van der Waals surface area (Å²) in [6.07, 6.45) is 1.55. The van der Waals surface area contributed by atoms with Gasteiger partial charge >= 0.3 is 0 Å². The van der Waals surface area contributed by atoms with Crippen LogP contribution in [0.25, 0.3) is 0 Å². The molecule has 17 heavy (non-hydrogen) atoms. The second-order valence-corrected chi connectivity index (χ2v) is 5.29. The van der Waals surface area contributed by atoms with Crippen LogP contribution in [0.5, 0.6) is 11.6 Å². The minimum Gasteiger partial charge on any atom is -0.436 e. The van der Waals surface area contributed by atoms with Gasteiger partial charge in [-0.1, -0.05) is 11.6 Å². The predicted molar refractivity (Wildman–Crippen MR) is 71.1 cm³/mol. The van der Waals surface area contributed by atoms with E-state index in [0.717, 1.165) is 4.47 Å². The molecular weight excluding hydrogens is 376 g/mol. The predicted octanol–water partition coefficient (Wildman–Crippen LogP) is 5.19. The van der Waals surface area contributed by atoms with E-state index < -0.39 is 5.82 Å². The average molecular weight is 381 g/mol. The van der Waals surface area contributed by atoms with Gasteiger partial charge in [0.25, 0.3) is 0 Å². The van der Waals surface area contributed by atoms with Gasteiger partial charge in [-0.3, -0.25) is 0 Å². The maximum atomic E-state index is 13.1. The van der Waals surface area contributed by atoms with Crippen LogP contribution in [0.4, 0.5) is 4.39 Å². The van der Waals surface area contributed by atoms with Crippen molar-refractivity contribution in [2.45, 2.75) is 0 Å². The third-order valence-corrected chi connectivity index (χ3v) is 3.23. The van der Waals surface area contributed by atoms with Crippen LogP contribution in [0, 0.1) is 5.82 Å². The van der Waals surface area contributed by atoms with Crippen LogP contribution >= 0.6 is 43.5 Å². The first-order valence-electron chi connectivity index (χ1n) is 4.50. The normalized spacial score (nSPS) is 10.4. The van der Waals surface area contributed by atoms with Gasteiger partial charge in [-0.05, 0) is 50.1 Å². The topological polar surface area (TPSA) is 22.1 Å². The summed E-state index contributed by atoms with van der Waals surface area (Å²) in [5.41, 5.74) is 0. The molecule has 0 fully saturated rings. The molecule has 2 nitrogen and oxygen atoms in total. The molecule has 6 heteroatoms. The van der Waals surface area contributed by atoms with Crippen molar-refractivity contribution in [2.24, 2.45) is 0 Å². The zero-order chi connectivity index (χ0) is 12.4. The number of ether oxygens (including phenoxy) is 1. The lowest BCUT2D eigenvalue weighted by Crippen LogP contribution is -1.90. The summed E-state index contributed by atoms with van der Waals surface area (Å²) in [7, 11) is 0. The number of aromatic nitrogens is 1. The van der Waals surface area contributed by atoms with Crippen molar-refractivity contribution in [2.75, 3.05) is 0 Å². The van der Waals surface area contributed by atoms with Crippen molar-refractivity contribution in [3.8, 4) is 11.6 Å².